The lowest BCUT2D eigenvalue weighted by Crippen LogP contribution is -2.32. The lowest BCUT2D eigenvalue weighted by Gasteiger charge is -2.22. The van der Waals surface area contributed by atoms with Crippen molar-refractivity contribution < 1.29 is 4.79 Å². The van der Waals surface area contributed by atoms with E-state index in [1.165, 1.54) is 11.1 Å². The van der Waals surface area contributed by atoms with Gasteiger partial charge < -0.3 is 4.90 Å². The summed E-state index contributed by atoms with van der Waals surface area (Å²) >= 11 is 0. The Morgan fingerprint density at radius 2 is 2.11 bits per heavy atom. The van der Waals surface area contributed by atoms with Gasteiger partial charge in [0.25, 0.3) is 5.91 Å². The second kappa shape index (κ2) is 4.88. The molecule has 1 heterocycles. The van der Waals surface area contributed by atoms with Crippen molar-refractivity contribution in [3.05, 3.63) is 53.3 Å². The summed E-state index contributed by atoms with van der Waals surface area (Å²) < 4.78 is 0. The van der Waals surface area contributed by atoms with Crippen LogP contribution in [0.4, 0.5) is 0 Å². The van der Waals surface area contributed by atoms with Crippen LogP contribution >= 0.6 is 0 Å². The van der Waals surface area contributed by atoms with Crippen molar-refractivity contribution in [1.82, 2.24) is 15.1 Å². The number of nitrogens with zero attached hydrogens (tertiary/aromatic N) is 2. The predicted molar refractivity (Wildman–Crippen MR) is 72.7 cm³/mol. The molecule has 4 nitrogen and oxygen atoms in total. The highest BCUT2D eigenvalue weighted by Crippen LogP contribution is 2.29. The Morgan fingerprint density at radius 1 is 1.37 bits per heavy atom. The summed E-state index contributed by atoms with van der Waals surface area (Å²) in [5, 5.41) is 6.55. The number of H-pyrrole nitrogens is 1. The molecule has 1 aliphatic carbocycles. The van der Waals surface area contributed by atoms with Gasteiger partial charge in [-0.25, -0.2) is 0 Å². The summed E-state index contributed by atoms with van der Waals surface area (Å²) in [5.41, 5.74) is 3.05. The third-order valence-electron chi connectivity index (χ3n) is 3.47. The summed E-state index contributed by atoms with van der Waals surface area (Å²) in [4.78, 5) is 14.4. The van der Waals surface area contributed by atoms with Gasteiger partial charge in [0, 0.05) is 18.8 Å². The molecule has 0 saturated heterocycles. The molecule has 1 saturated carbocycles. The molecule has 1 amide bonds. The zero-order valence-electron chi connectivity index (χ0n) is 11.0. The molecule has 1 N–H and O–H groups in total. The summed E-state index contributed by atoms with van der Waals surface area (Å²) in [7, 11) is 0. The average Bonchev–Trinajstić information content (AvgIpc) is 3.11. The van der Waals surface area contributed by atoms with Crippen LogP contribution in [0, 0.1) is 6.92 Å². The topological polar surface area (TPSA) is 49.0 Å². The third kappa shape index (κ3) is 2.67. The molecule has 0 spiro atoms. The zero-order chi connectivity index (χ0) is 13.2. The Hall–Kier alpha value is -2.10. The van der Waals surface area contributed by atoms with E-state index in [-0.39, 0.29) is 5.91 Å². The molecule has 1 aliphatic rings. The molecule has 1 fully saturated rings. The first-order valence-electron chi connectivity index (χ1n) is 6.59. The molecule has 1 aromatic heterocycles. The minimum atomic E-state index is 0.0665. The fourth-order valence-corrected chi connectivity index (χ4v) is 2.18. The molecule has 3 rings (SSSR count). The molecular weight excluding hydrogens is 238 g/mol. The minimum Gasteiger partial charge on any atom is -0.331 e. The van der Waals surface area contributed by atoms with Crippen LogP contribution in [0.25, 0.3) is 0 Å². The molecule has 0 atom stereocenters. The van der Waals surface area contributed by atoms with Gasteiger partial charge in [-0.2, -0.15) is 5.10 Å². The number of aromatic nitrogens is 2. The summed E-state index contributed by atoms with van der Waals surface area (Å²) in [6, 6.07) is 8.75. The fourth-order valence-electron chi connectivity index (χ4n) is 2.18. The van der Waals surface area contributed by atoms with Gasteiger partial charge in [0.15, 0.2) is 0 Å². The van der Waals surface area contributed by atoms with Crippen LogP contribution < -0.4 is 0 Å². The highest BCUT2D eigenvalue weighted by Gasteiger charge is 2.33. The van der Waals surface area contributed by atoms with E-state index >= 15 is 0 Å². The number of amides is 1. The molecule has 2 aromatic rings. The van der Waals surface area contributed by atoms with Crippen LogP contribution in [0.5, 0.6) is 0 Å². The van der Waals surface area contributed by atoms with E-state index in [9.17, 15) is 4.79 Å². The summed E-state index contributed by atoms with van der Waals surface area (Å²) in [5.74, 6) is 0.0665. The number of carbonyl (C=O) groups excluding carboxylic acids is 1. The predicted octanol–water partition coefficient (Wildman–Crippen LogP) is 2.52. The van der Waals surface area contributed by atoms with Gasteiger partial charge >= 0.3 is 0 Å². The third-order valence-corrected chi connectivity index (χ3v) is 3.47. The Bertz CT molecular complexity index is 556. The molecule has 0 radical (unpaired) electrons. The van der Waals surface area contributed by atoms with E-state index in [1.54, 1.807) is 12.4 Å². The lowest BCUT2D eigenvalue weighted by atomic mass is 10.1. The Balaban J connectivity index is 1.78. The Morgan fingerprint density at radius 3 is 2.68 bits per heavy atom. The fraction of sp³-hybridized carbons (Fsp3) is 0.333. The molecule has 19 heavy (non-hydrogen) atoms. The monoisotopic (exact) mass is 255 g/mol. The molecule has 0 bridgehead atoms. The van der Waals surface area contributed by atoms with Gasteiger partial charge in [-0.15, -0.1) is 0 Å². The van der Waals surface area contributed by atoms with Gasteiger partial charge in [0.2, 0.25) is 0 Å². The van der Waals surface area contributed by atoms with Crippen LogP contribution in [0.15, 0.2) is 36.7 Å². The largest absolute Gasteiger partial charge is 0.331 e. The number of hydrogen-bond donors (Lipinski definition) is 1. The smallest absolute Gasteiger partial charge is 0.257 e. The number of aryl methyl sites for hydroxylation is 1. The quantitative estimate of drug-likeness (QED) is 0.912. The van der Waals surface area contributed by atoms with Gasteiger partial charge in [-0.3, -0.25) is 9.89 Å². The van der Waals surface area contributed by atoms with Crippen LogP contribution in [0.2, 0.25) is 0 Å². The van der Waals surface area contributed by atoms with Gasteiger partial charge in [0.1, 0.15) is 0 Å². The zero-order valence-corrected chi connectivity index (χ0v) is 11.0. The van der Waals surface area contributed by atoms with Crippen molar-refractivity contribution in [3.8, 4) is 0 Å². The first-order chi connectivity index (χ1) is 9.24. The Labute approximate surface area is 112 Å². The van der Waals surface area contributed by atoms with Gasteiger partial charge in [-0.05, 0) is 25.3 Å². The van der Waals surface area contributed by atoms with Crippen LogP contribution in [-0.2, 0) is 6.54 Å². The molecule has 98 valence electrons. The average molecular weight is 255 g/mol. The highest BCUT2D eigenvalue weighted by atomic mass is 16.2. The van der Waals surface area contributed by atoms with Crippen molar-refractivity contribution >= 4 is 5.91 Å². The second-order valence-electron chi connectivity index (χ2n) is 5.14. The van der Waals surface area contributed by atoms with E-state index in [0.29, 0.717) is 18.2 Å². The minimum absolute atomic E-state index is 0.0665. The van der Waals surface area contributed by atoms with Crippen molar-refractivity contribution in [2.75, 3.05) is 0 Å². The lowest BCUT2D eigenvalue weighted by molar-refractivity contribution is 0.0730. The maximum atomic E-state index is 12.4. The van der Waals surface area contributed by atoms with E-state index in [4.69, 9.17) is 0 Å². The molecular formula is C15H17N3O. The first-order valence-corrected chi connectivity index (χ1v) is 6.59. The number of rotatable bonds is 4. The van der Waals surface area contributed by atoms with E-state index in [0.717, 1.165) is 12.8 Å². The van der Waals surface area contributed by atoms with Gasteiger partial charge in [0.05, 0.1) is 11.8 Å². The van der Waals surface area contributed by atoms with Crippen molar-refractivity contribution in [2.45, 2.75) is 32.4 Å². The van der Waals surface area contributed by atoms with Crippen LogP contribution in [0.1, 0.15) is 34.3 Å². The Kier molecular flexibility index (Phi) is 3.07. The van der Waals surface area contributed by atoms with E-state index in [1.807, 2.05) is 4.90 Å². The number of nitrogens with one attached hydrogen (secondary N) is 1. The standard InChI is InChI=1S/C15H17N3O/c1-11-2-4-12(5-3-11)10-18(14-6-7-14)15(19)13-8-16-17-9-13/h2-5,8-9,14H,6-7,10H2,1H3,(H,16,17). The van der Waals surface area contributed by atoms with E-state index < -0.39 is 0 Å². The number of aromatic amines is 1. The maximum Gasteiger partial charge on any atom is 0.257 e. The molecule has 4 heteroatoms. The first kappa shape index (κ1) is 12.0. The van der Waals surface area contributed by atoms with E-state index in [2.05, 4.69) is 41.4 Å². The summed E-state index contributed by atoms with van der Waals surface area (Å²) in [6.45, 7) is 2.74. The van der Waals surface area contributed by atoms with Crippen molar-refractivity contribution in [3.63, 3.8) is 0 Å². The number of hydrogen-bond acceptors (Lipinski definition) is 2. The van der Waals surface area contributed by atoms with Crippen LogP contribution in [0.3, 0.4) is 0 Å². The second-order valence-corrected chi connectivity index (χ2v) is 5.14. The summed E-state index contributed by atoms with van der Waals surface area (Å²) in [6.07, 6.45) is 5.46. The van der Waals surface area contributed by atoms with Crippen molar-refractivity contribution in [1.29, 1.82) is 0 Å². The molecule has 0 aliphatic heterocycles. The number of carbonyl (C=O) groups is 1. The molecule has 0 unspecified atom stereocenters. The van der Waals surface area contributed by atoms with Crippen LogP contribution in [-0.4, -0.2) is 27.0 Å². The van der Waals surface area contributed by atoms with Gasteiger partial charge in [-0.1, -0.05) is 29.8 Å². The SMILES string of the molecule is Cc1ccc(CN(C(=O)c2cn[nH]c2)C2CC2)cc1. The molecule has 1 aromatic carbocycles. The number of benzene rings is 1. The van der Waals surface area contributed by atoms with Crippen molar-refractivity contribution in [2.24, 2.45) is 0 Å². The maximum absolute atomic E-state index is 12.4. The highest BCUT2D eigenvalue weighted by molar-refractivity contribution is 5.94. The normalized spacial score (nSPS) is 14.4.